The topological polar surface area (TPSA) is 67.8 Å². The lowest BCUT2D eigenvalue weighted by atomic mass is 9.64. The van der Waals surface area contributed by atoms with Crippen LogP contribution in [0.5, 0.6) is 0 Å². The molecule has 1 N–H and O–H groups in total. The number of hydrogen-bond donors (Lipinski definition) is 1. The molecular weight excluding hydrogens is 424 g/mol. The Balaban J connectivity index is 1.60. The van der Waals surface area contributed by atoms with E-state index in [1.165, 1.54) is 5.56 Å². The number of oxime groups is 1. The van der Waals surface area contributed by atoms with E-state index in [0.29, 0.717) is 11.4 Å². The Bertz CT molecular complexity index is 1140. The van der Waals surface area contributed by atoms with Crippen LogP contribution in [0.2, 0.25) is 5.02 Å². The molecule has 2 atom stereocenters. The highest BCUT2D eigenvalue weighted by molar-refractivity contribution is 6.33. The van der Waals surface area contributed by atoms with Gasteiger partial charge in [0.05, 0.1) is 21.7 Å². The highest BCUT2D eigenvalue weighted by Crippen LogP contribution is 2.71. The first-order chi connectivity index (χ1) is 15.0. The monoisotopic (exact) mass is 452 g/mol. The number of fused-ring (bicyclic) bond motifs is 2. The van der Waals surface area contributed by atoms with Crippen molar-refractivity contribution in [3.8, 4) is 0 Å². The lowest BCUT2D eigenvalue weighted by Gasteiger charge is -2.39. The molecule has 2 aliphatic carbocycles. The van der Waals surface area contributed by atoms with Crippen LogP contribution in [-0.4, -0.2) is 17.6 Å². The Hall–Kier alpha value is -2.66. The van der Waals surface area contributed by atoms with E-state index in [2.05, 4.69) is 38.2 Å². The fraction of sp³-hybridized carbons (Fsp3) is 0.423. The van der Waals surface area contributed by atoms with Crippen molar-refractivity contribution in [2.75, 3.05) is 5.32 Å². The molecule has 0 saturated heterocycles. The first-order valence-electron chi connectivity index (χ1n) is 10.9. The van der Waals surface area contributed by atoms with Crippen molar-refractivity contribution in [1.82, 2.24) is 0 Å². The van der Waals surface area contributed by atoms with Crippen LogP contribution >= 0.6 is 11.6 Å². The number of carbonyl (C=O) groups excluding carboxylic acids is 2. The van der Waals surface area contributed by atoms with Gasteiger partial charge in [-0.25, -0.2) is 4.79 Å². The number of nitrogens with zero attached hydrogens (tertiary/aromatic N) is 1. The molecule has 2 aliphatic rings. The summed E-state index contributed by atoms with van der Waals surface area (Å²) in [5, 5.41) is 7.74. The molecule has 0 aliphatic heterocycles. The molecule has 6 heteroatoms. The summed E-state index contributed by atoms with van der Waals surface area (Å²) in [5.41, 5.74) is 2.84. The van der Waals surface area contributed by atoms with E-state index in [9.17, 15) is 9.59 Å². The van der Waals surface area contributed by atoms with Crippen LogP contribution in [0.3, 0.4) is 0 Å². The highest BCUT2D eigenvalue weighted by atomic mass is 35.5. The van der Waals surface area contributed by atoms with E-state index in [0.717, 1.165) is 29.8 Å². The van der Waals surface area contributed by atoms with Crippen molar-refractivity contribution < 1.29 is 14.4 Å². The number of carbonyl (C=O) groups is 2. The zero-order chi connectivity index (χ0) is 23.3. The first kappa shape index (κ1) is 22.5. The second-order valence-corrected chi connectivity index (χ2v) is 10.3. The maximum Gasteiger partial charge on any atom is 0.367 e. The van der Waals surface area contributed by atoms with Crippen molar-refractivity contribution in [2.24, 2.45) is 21.4 Å². The van der Waals surface area contributed by atoms with Gasteiger partial charge in [0.25, 0.3) is 0 Å². The van der Waals surface area contributed by atoms with Gasteiger partial charge < -0.3 is 10.2 Å². The normalized spacial score (nSPS) is 26.9. The van der Waals surface area contributed by atoms with Crippen LogP contribution in [-0.2, 0) is 9.63 Å². The zero-order valence-electron chi connectivity index (χ0n) is 19.2. The van der Waals surface area contributed by atoms with Gasteiger partial charge in [-0.3, -0.25) is 4.79 Å². The Morgan fingerprint density at radius 3 is 2.44 bits per heavy atom. The smallest absolute Gasteiger partial charge is 0.326 e. The number of nitrogens with one attached hydrogen (secondary N) is 1. The zero-order valence-corrected chi connectivity index (χ0v) is 20.0. The third-order valence-electron chi connectivity index (χ3n) is 8.27. The number of halogens is 1. The summed E-state index contributed by atoms with van der Waals surface area (Å²) >= 11 is 6.11. The molecule has 5 nitrogen and oxygen atoms in total. The Morgan fingerprint density at radius 1 is 1.03 bits per heavy atom. The van der Waals surface area contributed by atoms with E-state index in [4.69, 9.17) is 16.4 Å². The van der Waals surface area contributed by atoms with Crippen LogP contribution in [0.1, 0.15) is 61.5 Å². The summed E-state index contributed by atoms with van der Waals surface area (Å²) in [5.74, 6) is -0.599. The minimum atomic E-state index is -0.615. The third-order valence-corrected chi connectivity index (χ3v) is 8.60. The minimum absolute atomic E-state index is 0.00268. The molecule has 2 bridgehead atoms. The molecule has 0 aromatic heterocycles. The Kier molecular flexibility index (Phi) is 5.44. The van der Waals surface area contributed by atoms with Gasteiger partial charge in [-0.15, -0.1) is 0 Å². The van der Waals surface area contributed by atoms with Gasteiger partial charge >= 0.3 is 5.97 Å². The molecule has 168 valence electrons. The summed E-state index contributed by atoms with van der Waals surface area (Å²) in [6.07, 6.45) is 2.04. The molecule has 4 rings (SSSR count). The van der Waals surface area contributed by atoms with E-state index < -0.39 is 11.4 Å². The van der Waals surface area contributed by atoms with Crippen molar-refractivity contribution in [1.29, 1.82) is 0 Å². The van der Waals surface area contributed by atoms with Crippen molar-refractivity contribution in [3.05, 3.63) is 64.2 Å². The molecule has 1 amide bonds. The molecule has 2 aromatic rings. The standard InChI is InChI=1S/C26H29ClN2O3/c1-16-10-11-18(14-17(16)2)28-23(31)26-13-12-25(5,24(26,3)4)21(15-26)29-32-22(30)19-8-6-7-9-20(19)27/h6-11,14H,12-13,15H2,1-5H3,(H,28,31)/b29-21-. The SMILES string of the molecule is Cc1ccc(NC(=O)C23CCC(C)(/C(=N\OC(=O)c4ccccc4Cl)C2)C3(C)C)cc1C. The van der Waals surface area contributed by atoms with Crippen LogP contribution < -0.4 is 5.32 Å². The quantitative estimate of drug-likeness (QED) is 0.435. The number of benzene rings is 2. The second-order valence-electron chi connectivity index (χ2n) is 9.87. The summed E-state index contributed by atoms with van der Waals surface area (Å²) in [4.78, 5) is 31.4. The summed E-state index contributed by atoms with van der Waals surface area (Å²) in [6, 6.07) is 12.7. The van der Waals surface area contributed by atoms with Gasteiger partial charge in [0.15, 0.2) is 0 Å². The van der Waals surface area contributed by atoms with Crippen molar-refractivity contribution in [2.45, 2.75) is 53.9 Å². The van der Waals surface area contributed by atoms with E-state index in [1.807, 2.05) is 25.1 Å². The fourth-order valence-electron chi connectivity index (χ4n) is 5.36. The van der Waals surface area contributed by atoms with E-state index >= 15 is 0 Å². The number of hydrogen-bond acceptors (Lipinski definition) is 4. The van der Waals surface area contributed by atoms with Crippen LogP contribution in [0.4, 0.5) is 5.69 Å². The second kappa shape index (κ2) is 7.73. The number of rotatable bonds is 4. The average Bonchev–Trinajstić information content (AvgIpc) is 3.05. The fourth-order valence-corrected chi connectivity index (χ4v) is 5.58. The molecular formula is C26H29ClN2O3. The molecule has 2 aromatic carbocycles. The summed E-state index contributed by atoms with van der Waals surface area (Å²) in [6.45, 7) is 10.5. The highest BCUT2D eigenvalue weighted by Gasteiger charge is 2.71. The molecule has 2 saturated carbocycles. The minimum Gasteiger partial charge on any atom is -0.326 e. The molecule has 2 fully saturated rings. The summed E-state index contributed by atoms with van der Waals surface area (Å²) in [7, 11) is 0. The Morgan fingerprint density at radius 2 is 1.75 bits per heavy atom. The third kappa shape index (κ3) is 3.25. The molecule has 0 spiro atoms. The van der Waals surface area contributed by atoms with Crippen molar-refractivity contribution >= 4 is 34.9 Å². The molecule has 0 heterocycles. The van der Waals surface area contributed by atoms with Gasteiger partial charge in [0.1, 0.15) is 0 Å². The average molecular weight is 453 g/mol. The maximum absolute atomic E-state index is 13.6. The molecule has 0 radical (unpaired) electrons. The van der Waals surface area contributed by atoms with E-state index in [1.54, 1.807) is 24.3 Å². The van der Waals surface area contributed by atoms with Gasteiger partial charge in [-0.2, -0.15) is 0 Å². The lowest BCUT2D eigenvalue weighted by molar-refractivity contribution is -0.130. The van der Waals surface area contributed by atoms with Gasteiger partial charge in [-0.05, 0) is 67.5 Å². The van der Waals surface area contributed by atoms with Gasteiger partial charge in [0, 0.05) is 17.5 Å². The Labute approximate surface area is 194 Å². The number of anilines is 1. The number of aryl methyl sites for hydroxylation is 2. The molecule has 2 unspecified atom stereocenters. The van der Waals surface area contributed by atoms with Crippen LogP contribution in [0, 0.1) is 30.1 Å². The van der Waals surface area contributed by atoms with Gasteiger partial charge in [0.2, 0.25) is 5.91 Å². The van der Waals surface area contributed by atoms with Gasteiger partial charge in [-0.1, -0.05) is 55.7 Å². The predicted octanol–water partition coefficient (Wildman–Crippen LogP) is 6.32. The summed E-state index contributed by atoms with van der Waals surface area (Å²) < 4.78 is 0. The molecule has 32 heavy (non-hydrogen) atoms. The lowest BCUT2D eigenvalue weighted by Crippen LogP contribution is -2.43. The largest absolute Gasteiger partial charge is 0.367 e. The maximum atomic E-state index is 13.6. The van der Waals surface area contributed by atoms with Crippen molar-refractivity contribution in [3.63, 3.8) is 0 Å². The number of amides is 1. The van der Waals surface area contributed by atoms with E-state index in [-0.39, 0.29) is 22.3 Å². The predicted molar refractivity (Wildman–Crippen MR) is 127 cm³/mol. The first-order valence-corrected chi connectivity index (χ1v) is 11.3. The van der Waals surface area contributed by atoms with Crippen LogP contribution in [0.25, 0.3) is 0 Å². The van der Waals surface area contributed by atoms with Crippen LogP contribution in [0.15, 0.2) is 47.6 Å².